The highest BCUT2D eigenvalue weighted by atomic mass is 32.2. The minimum atomic E-state index is -3.94. The Morgan fingerprint density at radius 2 is 1.82 bits per heavy atom. The number of primary sulfonamides is 1. The van der Waals surface area contributed by atoms with E-state index >= 15 is 0 Å². The van der Waals surface area contributed by atoms with Gasteiger partial charge in [-0.05, 0) is 24.3 Å². The lowest BCUT2D eigenvalue weighted by Crippen LogP contribution is -2.13. The largest absolute Gasteiger partial charge is 0.457 e. The average molecular weight is 316 g/mol. The molecule has 22 heavy (non-hydrogen) atoms. The molecule has 0 aliphatic rings. The summed E-state index contributed by atoms with van der Waals surface area (Å²) in [6.07, 6.45) is 2.55. The average Bonchev–Trinajstić information content (AvgIpc) is 3.01. The van der Waals surface area contributed by atoms with E-state index in [1.807, 2.05) is 18.2 Å². The molecule has 3 rings (SSSR count). The second-order valence-corrected chi connectivity index (χ2v) is 5.99. The molecule has 0 aliphatic carbocycles. The summed E-state index contributed by atoms with van der Waals surface area (Å²) in [5, 5.41) is 5.28. The predicted octanol–water partition coefficient (Wildman–Crippen LogP) is 2.78. The van der Waals surface area contributed by atoms with Crippen LogP contribution >= 0.6 is 0 Å². The number of benzene rings is 2. The Balaban J connectivity index is 2.18. The molecule has 2 aromatic carbocycles. The predicted molar refractivity (Wildman–Crippen MR) is 79.8 cm³/mol. The fourth-order valence-corrected chi connectivity index (χ4v) is 2.80. The van der Waals surface area contributed by atoms with E-state index in [0.717, 1.165) is 0 Å². The van der Waals surface area contributed by atoms with E-state index in [4.69, 9.17) is 14.3 Å². The van der Waals surface area contributed by atoms with Crippen molar-refractivity contribution in [1.29, 1.82) is 0 Å². The summed E-state index contributed by atoms with van der Waals surface area (Å²) in [6.45, 7) is 0. The number of para-hydroxylation sites is 1. The summed E-state index contributed by atoms with van der Waals surface area (Å²) in [6, 6.07) is 13.6. The molecule has 1 heterocycles. The molecule has 7 heteroatoms. The molecule has 0 fully saturated rings. The summed E-state index contributed by atoms with van der Waals surface area (Å²) in [5.41, 5.74) is 0.596. The lowest BCUT2D eigenvalue weighted by molar-refractivity contribution is 0.482. The van der Waals surface area contributed by atoms with Gasteiger partial charge in [0, 0.05) is 0 Å². The highest BCUT2D eigenvalue weighted by Crippen LogP contribution is 2.37. The first-order valence-electron chi connectivity index (χ1n) is 6.33. The topological polar surface area (TPSA) is 95.4 Å². The maximum absolute atomic E-state index is 11.8. The lowest BCUT2D eigenvalue weighted by atomic mass is 10.1. The van der Waals surface area contributed by atoms with Crippen LogP contribution in [0.3, 0.4) is 0 Å². The summed E-state index contributed by atoms with van der Waals surface area (Å²) >= 11 is 0. The van der Waals surface area contributed by atoms with Crippen LogP contribution in [0.2, 0.25) is 0 Å². The highest BCUT2D eigenvalue weighted by molar-refractivity contribution is 7.89. The zero-order valence-electron chi connectivity index (χ0n) is 11.3. The Kier molecular flexibility index (Phi) is 3.66. The molecule has 0 radical (unpaired) electrons. The van der Waals surface area contributed by atoms with E-state index in [0.29, 0.717) is 17.2 Å². The first kappa shape index (κ1) is 14.3. The van der Waals surface area contributed by atoms with Crippen molar-refractivity contribution < 1.29 is 17.6 Å². The number of oxazole rings is 1. The van der Waals surface area contributed by atoms with Crippen molar-refractivity contribution in [2.45, 2.75) is 4.90 Å². The second kappa shape index (κ2) is 5.63. The number of aromatic nitrogens is 1. The van der Waals surface area contributed by atoms with Crippen molar-refractivity contribution in [2.75, 3.05) is 0 Å². The van der Waals surface area contributed by atoms with Crippen LogP contribution < -0.4 is 9.88 Å². The summed E-state index contributed by atoms with van der Waals surface area (Å²) in [5.74, 6) is 0.894. The number of sulfonamides is 1. The van der Waals surface area contributed by atoms with Gasteiger partial charge in [0.2, 0.25) is 10.0 Å². The fraction of sp³-hybridized carbons (Fsp3) is 0. The molecule has 0 spiro atoms. The molecule has 0 saturated carbocycles. The Morgan fingerprint density at radius 3 is 2.45 bits per heavy atom. The van der Waals surface area contributed by atoms with Gasteiger partial charge in [-0.15, -0.1) is 0 Å². The van der Waals surface area contributed by atoms with E-state index in [1.54, 1.807) is 24.3 Å². The molecular weight excluding hydrogens is 304 g/mol. The molecule has 0 aliphatic heterocycles. The normalized spacial score (nSPS) is 11.3. The van der Waals surface area contributed by atoms with E-state index < -0.39 is 10.0 Å². The van der Waals surface area contributed by atoms with Crippen LogP contribution in [0.4, 0.5) is 0 Å². The fourth-order valence-electron chi connectivity index (χ4n) is 2.04. The number of nitrogens with two attached hydrogens (primary N) is 1. The lowest BCUT2D eigenvalue weighted by Gasteiger charge is -2.12. The molecule has 0 saturated heterocycles. The Labute approximate surface area is 127 Å². The maximum atomic E-state index is 11.8. The van der Waals surface area contributed by atoms with Crippen molar-refractivity contribution in [3.63, 3.8) is 0 Å². The highest BCUT2D eigenvalue weighted by Gasteiger charge is 2.21. The molecule has 2 N–H and O–H groups in total. The second-order valence-electron chi connectivity index (χ2n) is 4.46. The standard InChI is InChI=1S/C15H12N2O4S/c16-22(18,19)14-8-4-7-13(15(14)12-9-20-10-17-12)21-11-5-2-1-3-6-11/h1-10H,(H2,16,18,19). The minimum Gasteiger partial charge on any atom is -0.457 e. The number of hydrogen-bond acceptors (Lipinski definition) is 5. The van der Waals surface area contributed by atoms with Crippen LogP contribution in [0.1, 0.15) is 0 Å². The summed E-state index contributed by atoms with van der Waals surface area (Å²) in [7, 11) is -3.94. The van der Waals surface area contributed by atoms with E-state index in [9.17, 15) is 8.42 Å². The minimum absolute atomic E-state index is 0.0742. The van der Waals surface area contributed by atoms with Crippen molar-refractivity contribution in [2.24, 2.45) is 5.14 Å². The molecule has 0 bridgehead atoms. The smallest absolute Gasteiger partial charge is 0.238 e. The molecule has 0 unspecified atom stereocenters. The van der Waals surface area contributed by atoms with E-state index in [1.165, 1.54) is 18.7 Å². The van der Waals surface area contributed by atoms with Gasteiger partial charge in [-0.1, -0.05) is 24.3 Å². The molecular formula is C15H12N2O4S. The maximum Gasteiger partial charge on any atom is 0.238 e. The van der Waals surface area contributed by atoms with Crippen LogP contribution in [0.15, 0.2) is 70.5 Å². The van der Waals surface area contributed by atoms with Crippen LogP contribution in [0.5, 0.6) is 11.5 Å². The van der Waals surface area contributed by atoms with E-state index in [-0.39, 0.29) is 10.5 Å². The van der Waals surface area contributed by atoms with Crippen LogP contribution in [0.25, 0.3) is 11.3 Å². The van der Waals surface area contributed by atoms with Crippen molar-refractivity contribution in [3.8, 4) is 22.8 Å². The molecule has 112 valence electrons. The van der Waals surface area contributed by atoms with Gasteiger partial charge in [-0.3, -0.25) is 0 Å². The summed E-state index contributed by atoms with van der Waals surface area (Å²) < 4.78 is 34.3. The van der Waals surface area contributed by atoms with Gasteiger partial charge in [0.1, 0.15) is 23.5 Å². The first-order chi connectivity index (χ1) is 10.6. The van der Waals surface area contributed by atoms with Crippen LogP contribution in [-0.4, -0.2) is 13.4 Å². The Hall–Kier alpha value is -2.64. The van der Waals surface area contributed by atoms with Gasteiger partial charge in [0.05, 0.1) is 10.5 Å². The number of hydrogen-bond donors (Lipinski definition) is 1. The van der Waals surface area contributed by atoms with Gasteiger partial charge in [0.25, 0.3) is 0 Å². The Morgan fingerprint density at radius 1 is 1.05 bits per heavy atom. The van der Waals surface area contributed by atoms with Gasteiger partial charge in [-0.25, -0.2) is 18.5 Å². The first-order valence-corrected chi connectivity index (χ1v) is 7.87. The SMILES string of the molecule is NS(=O)(=O)c1cccc(Oc2ccccc2)c1-c1cocn1. The number of nitrogens with zero attached hydrogens (tertiary/aromatic N) is 1. The molecule has 0 amide bonds. The van der Waals surface area contributed by atoms with Gasteiger partial charge < -0.3 is 9.15 Å². The van der Waals surface area contributed by atoms with Gasteiger partial charge in [0.15, 0.2) is 6.39 Å². The number of rotatable bonds is 4. The third-order valence-electron chi connectivity index (χ3n) is 2.95. The molecule has 0 atom stereocenters. The van der Waals surface area contributed by atoms with E-state index in [2.05, 4.69) is 4.98 Å². The third kappa shape index (κ3) is 2.85. The molecule has 1 aromatic heterocycles. The van der Waals surface area contributed by atoms with Gasteiger partial charge in [-0.2, -0.15) is 0 Å². The summed E-state index contributed by atoms with van der Waals surface area (Å²) in [4.78, 5) is 3.92. The monoisotopic (exact) mass is 316 g/mol. The Bertz CT molecular complexity index is 875. The zero-order valence-corrected chi connectivity index (χ0v) is 12.2. The zero-order chi connectivity index (χ0) is 15.6. The van der Waals surface area contributed by atoms with Crippen molar-refractivity contribution in [1.82, 2.24) is 4.98 Å². The third-order valence-corrected chi connectivity index (χ3v) is 3.91. The van der Waals surface area contributed by atoms with Gasteiger partial charge >= 0.3 is 0 Å². The molecule has 6 nitrogen and oxygen atoms in total. The van der Waals surface area contributed by atoms with Crippen molar-refractivity contribution >= 4 is 10.0 Å². The number of ether oxygens (including phenoxy) is 1. The quantitative estimate of drug-likeness (QED) is 0.798. The molecule has 3 aromatic rings. The van der Waals surface area contributed by atoms with Crippen LogP contribution in [0, 0.1) is 0 Å². The van der Waals surface area contributed by atoms with Crippen molar-refractivity contribution in [3.05, 3.63) is 61.2 Å². The van der Waals surface area contributed by atoms with Crippen LogP contribution in [-0.2, 0) is 10.0 Å².